The van der Waals surface area contributed by atoms with Gasteiger partial charge in [-0.15, -0.1) is 0 Å². The Bertz CT molecular complexity index is 1360. The van der Waals surface area contributed by atoms with Crippen molar-refractivity contribution in [2.75, 3.05) is 0 Å². The van der Waals surface area contributed by atoms with Crippen molar-refractivity contribution in [2.24, 2.45) is 7.05 Å². The van der Waals surface area contributed by atoms with E-state index >= 15 is 0 Å². The molecule has 0 saturated carbocycles. The van der Waals surface area contributed by atoms with Gasteiger partial charge in [0.15, 0.2) is 0 Å². The zero-order valence-corrected chi connectivity index (χ0v) is 18.0. The van der Waals surface area contributed by atoms with Crippen molar-refractivity contribution in [1.29, 1.82) is 0 Å². The predicted molar refractivity (Wildman–Crippen MR) is 115 cm³/mol. The molecular weight excluding hydrogens is 435 g/mol. The molecule has 1 unspecified atom stereocenters. The maximum absolute atomic E-state index is 13.0. The molecule has 2 aromatic carbocycles. The van der Waals surface area contributed by atoms with Crippen molar-refractivity contribution in [2.45, 2.75) is 26.1 Å². The maximum Gasteiger partial charge on any atom is 0.449 e. The molecule has 1 amide bonds. The number of nitrogens with zero attached hydrogens (tertiary/aromatic N) is 3. The molecule has 2 aromatic heterocycles. The van der Waals surface area contributed by atoms with E-state index in [4.69, 9.17) is 0 Å². The molecule has 2 heterocycles. The molecular formula is C23H20F3N5O2. The molecule has 170 valence electrons. The van der Waals surface area contributed by atoms with E-state index in [1.807, 2.05) is 0 Å². The van der Waals surface area contributed by atoms with Crippen molar-refractivity contribution < 1.29 is 22.8 Å². The second kappa shape index (κ2) is 8.19. The van der Waals surface area contributed by atoms with Gasteiger partial charge in [0.1, 0.15) is 0 Å². The Morgan fingerprint density at radius 3 is 2.36 bits per heavy atom. The first-order valence-corrected chi connectivity index (χ1v) is 10.0. The number of hydrogen-bond donors (Lipinski definition) is 2. The van der Waals surface area contributed by atoms with Gasteiger partial charge in [0.05, 0.1) is 28.3 Å². The average Bonchev–Trinajstić information content (AvgIpc) is 3.32. The summed E-state index contributed by atoms with van der Waals surface area (Å²) in [7, 11) is 1.68. The highest BCUT2D eigenvalue weighted by Gasteiger charge is 2.35. The number of H-pyrrole nitrogens is 1. The number of Topliss-reactive ketones (excluding diaryl/α,β-unsaturated/α-hetero) is 1. The minimum absolute atomic E-state index is 0.141. The van der Waals surface area contributed by atoms with Crippen molar-refractivity contribution in [1.82, 2.24) is 25.1 Å². The smallest absolute Gasteiger partial charge is 0.338 e. The zero-order valence-electron chi connectivity index (χ0n) is 18.0. The number of halogens is 3. The summed E-state index contributed by atoms with van der Waals surface area (Å²) in [4.78, 5) is 31.7. The highest BCUT2D eigenvalue weighted by molar-refractivity contribution is 6.43. The van der Waals surface area contributed by atoms with E-state index in [1.165, 1.54) is 16.8 Å². The van der Waals surface area contributed by atoms with Crippen LogP contribution in [0.2, 0.25) is 0 Å². The summed E-state index contributed by atoms with van der Waals surface area (Å²) in [5.41, 5.74) is 2.68. The van der Waals surface area contributed by atoms with Gasteiger partial charge in [0, 0.05) is 12.7 Å². The van der Waals surface area contributed by atoms with Crippen LogP contribution in [0.15, 0.2) is 48.5 Å². The summed E-state index contributed by atoms with van der Waals surface area (Å²) in [5, 5.41) is 6.91. The topological polar surface area (TPSA) is 92.7 Å². The van der Waals surface area contributed by atoms with Crippen LogP contribution in [-0.4, -0.2) is 31.4 Å². The molecule has 0 aliphatic rings. The summed E-state index contributed by atoms with van der Waals surface area (Å²) in [5.74, 6) is -2.68. The van der Waals surface area contributed by atoms with E-state index in [1.54, 1.807) is 57.3 Å². The van der Waals surface area contributed by atoms with Crippen molar-refractivity contribution in [3.8, 4) is 0 Å². The second-order valence-electron chi connectivity index (χ2n) is 7.68. The summed E-state index contributed by atoms with van der Waals surface area (Å²) in [6, 6.07) is 12.6. The Labute approximate surface area is 186 Å². The quantitative estimate of drug-likeness (QED) is 0.351. The molecule has 2 N–H and O–H groups in total. The molecule has 10 heteroatoms. The molecule has 0 bridgehead atoms. The van der Waals surface area contributed by atoms with E-state index in [-0.39, 0.29) is 16.6 Å². The number of rotatable bonds is 5. The molecule has 0 spiro atoms. The number of amides is 1. The lowest BCUT2D eigenvalue weighted by Gasteiger charge is -2.19. The third-order valence-corrected chi connectivity index (χ3v) is 5.46. The molecule has 4 rings (SSSR count). The van der Waals surface area contributed by atoms with Crippen LogP contribution in [0.4, 0.5) is 13.2 Å². The molecule has 0 radical (unpaired) electrons. The van der Waals surface area contributed by atoms with Gasteiger partial charge in [-0.2, -0.15) is 18.3 Å². The number of ketones is 1. The summed E-state index contributed by atoms with van der Waals surface area (Å²) in [6.07, 6.45) is -4.61. The Kier molecular flexibility index (Phi) is 5.52. The fraction of sp³-hybridized carbons (Fsp3) is 0.217. The van der Waals surface area contributed by atoms with Gasteiger partial charge in [-0.05, 0) is 37.1 Å². The van der Waals surface area contributed by atoms with E-state index in [0.717, 1.165) is 0 Å². The van der Waals surface area contributed by atoms with Crippen LogP contribution in [0.5, 0.6) is 0 Å². The second-order valence-corrected chi connectivity index (χ2v) is 7.68. The van der Waals surface area contributed by atoms with Crippen LogP contribution in [0.3, 0.4) is 0 Å². The van der Waals surface area contributed by atoms with E-state index < -0.39 is 29.7 Å². The fourth-order valence-corrected chi connectivity index (χ4v) is 3.76. The van der Waals surface area contributed by atoms with Crippen LogP contribution in [-0.2, 0) is 18.0 Å². The zero-order chi connectivity index (χ0) is 23.9. The number of aryl methyl sites for hydroxylation is 2. The number of fused-ring (bicyclic) bond motifs is 1. The Morgan fingerprint density at radius 1 is 1.06 bits per heavy atom. The van der Waals surface area contributed by atoms with Gasteiger partial charge in [-0.25, -0.2) is 4.98 Å². The van der Waals surface area contributed by atoms with Gasteiger partial charge in [-0.1, -0.05) is 36.4 Å². The lowest BCUT2D eigenvalue weighted by atomic mass is 9.97. The number of nitrogens with one attached hydrogen (secondary N) is 2. The minimum Gasteiger partial charge on any atom is -0.338 e. The van der Waals surface area contributed by atoms with Crippen molar-refractivity contribution in [3.63, 3.8) is 0 Å². The van der Waals surface area contributed by atoms with Gasteiger partial charge < -0.3 is 10.3 Å². The van der Waals surface area contributed by atoms with Crippen LogP contribution in [0, 0.1) is 13.8 Å². The van der Waals surface area contributed by atoms with Crippen LogP contribution < -0.4 is 5.32 Å². The number of aromatic nitrogens is 4. The Morgan fingerprint density at radius 2 is 1.76 bits per heavy atom. The van der Waals surface area contributed by atoms with Gasteiger partial charge >= 0.3 is 6.18 Å². The van der Waals surface area contributed by atoms with Crippen LogP contribution in [0.1, 0.15) is 44.7 Å². The molecule has 1 atom stereocenters. The predicted octanol–water partition coefficient (Wildman–Crippen LogP) is 4.02. The molecule has 33 heavy (non-hydrogen) atoms. The Hall–Kier alpha value is -3.95. The third-order valence-electron chi connectivity index (χ3n) is 5.46. The number of imidazole rings is 1. The fourth-order valence-electron chi connectivity index (χ4n) is 3.76. The largest absolute Gasteiger partial charge is 0.449 e. The minimum atomic E-state index is -4.61. The molecule has 0 saturated heterocycles. The van der Waals surface area contributed by atoms with Crippen LogP contribution >= 0.6 is 0 Å². The normalized spacial score (nSPS) is 12.7. The van der Waals surface area contributed by atoms with Gasteiger partial charge in [0.2, 0.25) is 5.82 Å². The standard InChI is InChI=1S/C23H20F3N5O2/c1-12-18(13(2)31(3)30-12)20(32)21(33)29-19(14-7-5-4-6-8-14)15-9-10-16-17(11-15)28-22(27-16)23(24,25)26/h4-11,19H,1-3H3,(H,27,28)(H,29,33). The lowest BCUT2D eigenvalue weighted by Crippen LogP contribution is -2.35. The van der Waals surface area contributed by atoms with Gasteiger partial charge in [-0.3, -0.25) is 14.3 Å². The van der Waals surface area contributed by atoms with Crippen molar-refractivity contribution >= 4 is 22.7 Å². The van der Waals surface area contributed by atoms with Crippen molar-refractivity contribution in [3.05, 3.63) is 82.4 Å². The first kappa shape index (κ1) is 22.3. The van der Waals surface area contributed by atoms with E-state index in [0.29, 0.717) is 22.5 Å². The number of aromatic amines is 1. The first-order chi connectivity index (χ1) is 15.6. The first-order valence-electron chi connectivity index (χ1n) is 10.0. The van der Waals surface area contributed by atoms with Gasteiger partial charge in [0.25, 0.3) is 11.7 Å². The summed E-state index contributed by atoms with van der Waals surface area (Å²) in [6.45, 7) is 3.34. The molecule has 0 aliphatic heterocycles. The van der Waals surface area contributed by atoms with Crippen LogP contribution in [0.25, 0.3) is 11.0 Å². The number of benzene rings is 2. The summed E-state index contributed by atoms with van der Waals surface area (Å²) < 4.78 is 40.7. The Balaban J connectivity index is 1.72. The third kappa shape index (κ3) is 4.23. The lowest BCUT2D eigenvalue weighted by molar-refractivity contribution is -0.144. The highest BCUT2D eigenvalue weighted by atomic mass is 19.4. The molecule has 0 fully saturated rings. The number of alkyl halides is 3. The molecule has 7 nitrogen and oxygen atoms in total. The monoisotopic (exact) mass is 455 g/mol. The SMILES string of the molecule is Cc1nn(C)c(C)c1C(=O)C(=O)NC(c1ccccc1)c1ccc2nc(C(F)(F)F)[nH]c2c1. The average molecular weight is 455 g/mol. The maximum atomic E-state index is 13.0. The highest BCUT2D eigenvalue weighted by Crippen LogP contribution is 2.30. The number of carbonyl (C=O) groups is 2. The van der Waals surface area contributed by atoms with E-state index in [2.05, 4.69) is 20.4 Å². The summed E-state index contributed by atoms with van der Waals surface area (Å²) >= 11 is 0. The molecule has 4 aromatic rings. The van der Waals surface area contributed by atoms with E-state index in [9.17, 15) is 22.8 Å². The number of hydrogen-bond acceptors (Lipinski definition) is 4. The molecule has 0 aliphatic carbocycles. The number of carbonyl (C=O) groups excluding carboxylic acids is 2.